The zero-order chi connectivity index (χ0) is 44.6. The van der Waals surface area contributed by atoms with Gasteiger partial charge in [0, 0.05) is 43.9 Å². The van der Waals surface area contributed by atoms with Crippen molar-refractivity contribution in [1.29, 1.82) is 0 Å². The van der Waals surface area contributed by atoms with E-state index in [1.807, 2.05) is 12.1 Å². The van der Waals surface area contributed by atoms with Crippen molar-refractivity contribution in [2.75, 3.05) is 0 Å². The van der Waals surface area contributed by atoms with Gasteiger partial charge in [0.2, 0.25) is 0 Å². The van der Waals surface area contributed by atoms with Crippen molar-refractivity contribution >= 4 is 21.9 Å². The Balaban J connectivity index is 0.922. The van der Waals surface area contributed by atoms with E-state index in [9.17, 15) is 0 Å². The second kappa shape index (κ2) is 13.0. The first-order valence-corrected chi connectivity index (χ1v) is 24.8. The normalized spacial score (nSPS) is 25.9. The van der Waals surface area contributed by atoms with Gasteiger partial charge in [-0.25, -0.2) is 15.0 Å². The fourth-order valence-corrected chi connectivity index (χ4v) is 16.6. The summed E-state index contributed by atoms with van der Waals surface area (Å²) in [5.41, 5.74) is 18.6. The van der Waals surface area contributed by atoms with E-state index < -0.39 is 5.41 Å². The molecule has 4 nitrogen and oxygen atoms in total. The zero-order valence-corrected chi connectivity index (χ0v) is 37.9. The smallest absolute Gasteiger partial charge is 0.164 e. The van der Waals surface area contributed by atoms with Crippen LogP contribution >= 0.6 is 0 Å². The Kier molecular flexibility index (Phi) is 7.17. The summed E-state index contributed by atoms with van der Waals surface area (Å²) >= 11 is 0. The first kappa shape index (κ1) is 37.6. The van der Waals surface area contributed by atoms with E-state index >= 15 is 0 Å². The van der Waals surface area contributed by atoms with E-state index in [2.05, 4.69) is 183 Å². The van der Waals surface area contributed by atoms with Gasteiger partial charge in [-0.3, -0.25) is 0 Å². The number of nitrogens with zero attached hydrogens (tertiary/aromatic N) is 3. The Morgan fingerprint density at radius 1 is 0.426 bits per heavy atom. The van der Waals surface area contributed by atoms with Gasteiger partial charge in [-0.15, -0.1) is 0 Å². The third-order valence-electron chi connectivity index (χ3n) is 18.6. The van der Waals surface area contributed by atoms with Crippen LogP contribution in [0.1, 0.15) is 72.4 Å². The van der Waals surface area contributed by atoms with Gasteiger partial charge in [-0.1, -0.05) is 183 Å². The molecule has 6 atom stereocenters. The highest BCUT2D eigenvalue weighted by molar-refractivity contribution is 6.09. The lowest BCUT2D eigenvalue weighted by atomic mass is 9.10. The molecule has 8 aromatic carbocycles. The van der Waals surface area contributed by atoms with Crippen LogP contribution in [0.4, 0.5) is 0 Å². The minimum atomic E-state index is -0.508. The molecule has 6 aliphatic rings. The van der Waals surface area contributed by atoms with E-state index in [1.54, 1.807) is 11.1 Å². The van der Waals surface area contributed by atoms with Gasteiger partial charge in [0.15, 0.2) is 17.5 Å². The second-order valence-corrected chi connectivity index (χ2v) is 21.3. The monoisotopic (exact) mass is 873 g/mol. The van der Waals surface area contributed by atoms with Crippen molar-refractivity contribution in [2.45, 2.75) is 55.3 Å². The molecule has 3 unspecified atom stereocenters. The fraction of sp³-hybridized carbons (Fsp3) is 0.203. The summed E-state index contributed by atoms with van der Waals surface area (Å²) in [4.78, 5) is 16.1. The molecule has 6 aliphatic carbocycles. The summed E-state index contributed by atoms with van der Waals surface area (Å²) in [5.74, 6) is 4.36. The van der Waals surface area contributed by atoms with Crippen molar-refractivity contribution in [3.63, 3.8) is 0 Å². The Hall–Kier alpha value is -7.43. The number of para-hydroxylation sites is 2. The van der Waals surface area contributed by atoms with Gasteiger partial charge >= 0.3 is 0 Å². The third-order valence-corrected chi connectivity index (χ3v) is 18.6. The maximum Gasteiger partial charge on any atom is 0.164 e. The summed E-state index contributed by atoms with van der Waals surface area (Å²) in [6.07, 6.45) is 6.58. The van der Waals surface area contributed by atoms with Crippen LogP contribution in [0.3, 0.4) is 0 Å². The molecule has 2 aromatic heterocycles. The molecular weight excluding hydrogens is 827 g/mol. The minimum absolute atomic E-state index is 0.148. The quantitative estimate of drug-likeness (QED) is 0.177. The van der Waals surface area contributed by atoms with Gasteiger partial charge in [-0.2, -0.15) is 0 Å². The van der Waals surface area contributed by atoms with Gasteiger partial charge in [0.05, 0.1) is 5.41 Å². The molecule has 4 fully saturated rings. The SMILES string of the molecule is C[C@H]1C[C@@H]2CC34CC5(C[C@H](C1)C235)c1ccccc1C1(c2ccccc2-c2ccccc21)c1cc(-c2nc(-c3ccccc3)nc(-c3ccc(-c5cccc6c5oc5ccccc56)cc3)n2)ccc14. The number of fused-ring (bicyclic) bond motifs is 12. The topological polar surface area (TPSA) is 51.8 Å². The van der Waals surface area contributed by atoms with E-state index in [1.165, 1.54) is 65.5 Å². The molecule has 0 radical (unpaired) electrons. The second-order valence-electron chi connectivity index (χ2n) is 21.3. The van der Waals surface area contributed by atoms with Crippen molar-refractivity contribution < 1.29 is 4.42 Å². The van der Waals surface area contributed by atoms with Crippen molar-refractivity contribution in [2.24, 2.45) is 23.2 Å². The summed E-state index contributed by atoms with van der Waals surface area (Å²) in [6, 6.07) is 69.5. The lowest BCUT2D eigenvalue weighted by molar-refractivity contribution is -0.368. The number of benzene rings is 8. The molecule has 0 N–H and O–H groups in total. The summed E-state index contributed by atoms with van der Waals surface area (Å²) in [5, 5.41) is 2.25. The van der Waals surface area contributed by atoms with Crippen LogP contribution in [-0.2, 0) is 16.2 Å². The molecule has 68 heavy (non-hydrogen) atoms. The first-order valence-electron chi connectivity index (χ1n) is 24.8. The summed E-state index contributed by atoms with van der Waals surface area (Å²) in [7, 11) is 0. The number of hydrogen-bond donors (Lipinski definition) is 0. The fourth-order valence-electron chi connectivity index (χ4n) is 16.6. The molecule has 2 spiro atoms. The highest BCUT2D eigenvalue weighted by Crippen LogP contribution is 2.94. The third kappa shape index (κ3) is 4.34. The highest BCUT2D eigenvalue weighted by atomic mass is 16.3. The molecule has 0 aliphatic heterocycles. The molecular formula is C64H47N3O. The summed E-state index contributed by atoms with van der Waals surface area (Å²) < 4.78 is 6.46. The highest BCUT2D eigenvalue weighted by Gasteiger charge is 2.91. The molecule has 324 valence electrons. The molecule has 0 saturated heterocycles. The average molecular weight is 874 g/mol. The Labute approximate surface area is 395 Å². The number of aromatic nitrogens is 3. The molecule has 2 bridgehead atoms. The molecule has 2 heterocycles. The van der Waals surface area contributed by atoms with Crippen LogP contribution < -0.4 is 0 Å². The van der Waals surface area contributed by atoms with Crippen LogP contribution in [0, 0.1) is 23.2 Å². The Bertz CT molecular complexity index is 3740. The number of furan rings is 1. The lowest BCUT2D eigenvalue weighted by Crippen LogP contribution is -2.90. The van der Waals surface area contributed by atoms with Crippen LogP contribution in [0.2, 0.25) is 0 Å². The van der Waals surface area contributed by atoms with Crippen LogP contribution in [-0.4, -0.2) is 15.0 Å². The molecule has 10 aromatic rings. The minimum Gasteiger partial charge on any atom is -0.455 e. The predicted molar refractivity (Wildman–Crippen MR) is 271 cm³/mol. The van der Waals surface area contributed by atoms with E-state index in [-0.39, 0.29) is 10.8 Å². The van der Waals surface area contributed by atoms with Crippen molar-refractivity contribution in [1.82, 2.24) is 15.0 Å². The van der Waals surface area contributed by atoms with E-state index in [0.29, 0.717) is 22.9 Å². The Morgan fingerprint density at radius 3 is 1.65 bits per heavy atom. The standard InChI is InChI=1S/C64H47N3O/c1-38-32-43-35-61-37-62(36-44(33-38)64(43,61)62)53-31-30-42(34-55(53)63(54-24-11-10-23-52(54)61)50-21-8-5-16-46(50)47-17-6-9-22-51(47)63)60-66-58(40-14-3-2-4-15-40)65-59(67-60)41-28-26-39(27-29-41)45-19-13-20-49-48-18-7-12-25-56(48)68-57(45)49/h2-31,34,38,43-44H,32-33,35-37H2,1H3/t38-,43+,44-,61?,62?,64?/m1/s1. The van der Waals surface area contributed by atoms with Gasteiger partial charge in [0.25, 0.3) is 0 Å². The van der Waals surface area contributed by atoms with Gasteiger partial charge in [-0.05, 0) is 117 Å². The zero-order valence-electron chi connectivity index (χ0n) is 37.9. The van der Waals surface area contributed by atoms with E-state index in [0.717, 1.165) is 67.5 Å². The molecule has 0 amide bonds. The lowest BCUT2D eigenvalue weighted by Gasteiger charge is -2.93. The predicted octanol–water partition coefficient (Wildman–Crippen LogP) is 15.2. The molecule has 4 heteroatoms. The molecule has 16 rings (SSSR count). The maximum absolute atomic E-state index is 6.46. The number of rotatable bonds is 4. The van der Waals surface area contributed by atoms with Crippen LogP contribution in [0.25, 0.3) is 78.4 Å². The van der Waals surface area contributed by atoms with Gasteiger partial charge in [0.1, 0.15) is 11.2 Å². The first-order chi connectivity index (χ1) is 33.5. The largest absolute Gasteiger partial charge is 0.455 e. The van der Waals surface area contributed by atoms with Crippen LogP contribution in [0.5, 0.6) is 0 Å². The van der Waals surface area contributed by atoms with Crippen molar-refractivity contribution in [3.8, 4) is 56.4 Å². The van der Waals surface area contributed by atoms with Gasteiger partial charge < -0.3 is 4.42 Å². The number of hydrogen-bond acceptors (Lipinski definition) is 4. The van der Waals surface area contributed by atoms with Crippen LogP contribution in [0.15, 0.2) is 192 Å². The summed E-state index contributed by atoms with van der Waals surface area (Å²) in [6.45, 7) is 2.52. The average Bonchev–Trinajstić information content (AvgIpc) is 3.91. The van der Waals surface area contributed by atoms with E-state index in [4.69, 9.17) is 19.4 Å². The Morgan fingerprint density at radius 2 is 0.941 bits per heavy atom. The maximum atomic E-state index is 6.46. The molecule has 4 saturated carbocycles. The van der Waals surface area contributed by atoms with Crippen molar-refractivity contribution in [3.05, 3.63) is 221 Å².